The average Bonchev–Trinajstić information content (AvgIpc) is 2.93. The molecule has 0 unspecified atom stereocenters. The van der Waals surface area contributed by atoms with Gasteiger partial charge in [0.1, 0.15) is 12.3 Å². The first-order chi connectivity index (χ1) is 14.2. The molecule has 0 saturated heterocycles. The SMILES string of the molecule is COc1cc2c(cc1CNC(=O)Cn1cc(C=O)c3ccccc31)OCCCO2. The fourth-order valence-corrected chi connectivity index (χ4v) is 3.46. The van der Waals surface area contributed by atoms with Crippen LogP contribution in [0.25, 0.3) is 10.9 Å². The summed E-state index contributed by atoms with van der Waals surface area (Å²) < 4.78 is 18.6. The molecule has 29 heavy (non-hydrogen) atoms. The summed E-state index contributed by atoms with van der Waals surface area (Å²) in [6.07, 6.45) is 3.32. The van der Waals surface area contributed by atoms with Crippen molar-refractivity contribution in [2.45, 2.75) is 19.5 Å². The summed E-state index contributed by atoms with van der Waals surface area (Å²) in [5.41, 5.74) is 2.21. The Balaban J connectivity index is 1.49. The number of aldehydes is 1. The van der Waals surface area contributed by atoms with E-state index in [1.54, 1.807) is 23.9 Å². The topological polar surface area (TPSA) is 78.8 Å². The number of para-hydroxylation sites is 1. The lowest BCUT2D eigenvalue weighted by Gasteiger charge is -2.14. The normalized spacial score (nSPS) is 13.0. The van der Waals surface area contributed by atoms with Crippen LogP contribution in [0.4, 0.5) is 0 Å². The molecule has 150 valence electrons. The van der Waals surface area contributed by atoms with Crippen molar-refractivity contribution < 1.29 is 23.8 Å². The Morgan fingerprint density at radius 2 is 1.97 bits per heavy atom. The molecule has 0 bridgehead atoms. The number of ether oxygens (including phenoxy) is 3. The summed E-state index contributed by atoms with van der Waals surface area (Å²) >= 11 is 0. The van der Waals surface area contributed by atoms with E-state index in [0.29, 0.717) is 42.6 Å². The van der Waals surface area contributed by atoms with Gasteiger partial charge in [0.25, 0.3) is 0 Å². The number of amides is 1. The van der Waals surface area contributed by atoms with Crippen molar-refractivity contribution in [1.29, 1.82) is 0 Å². The van der Waals surface area contributed by atoms with E-state index in [-0.39, 0.29) is 12.5 Å². The Morgan fingerprint density at radius 1 is 1.21 bits per heavy atom. The summed E-state index contributed by atoms with van der Waals surface area (Å²) in [4.78, 5) is 23.8. The van der Waals surface area contributed by atoms with E-state index in [1.807, 2.05) is 30.3 Å². The van der Waals surface area contributed by atoms with Crippen molar-refractivity contribution in [2.75, 3.05) is 20.3 Å². The number of methoxy groups -OCH3 is 1. The summed E-state index contributed by atoms with van der Waals surface area (Å²) in [6.45, 7) is 1.59. The molecule has 1 aliphatic rings. The predicted molar refractivity (Wildman–Crippen MR) is 108 cm³/mol. The Labute approximate surface area is 168 Å². The number of benzene rings is 2. The fourth-order valence-electron chi connectivity index (χ4n) is 3.46. The highest BCUT2D eigenvalue weighted by Crippen LogP contribution is 2.36. The van der Waals surface area contributed by atoms with E-state index in [0.717, 1.165) is 29.2 Å². The van der Waals surface area contributed by atoms with Crippen LogP contribution >= 0.6 is 0 Å². The molecular weight excluding hydrogens is 372 g/mol. The molecule has 0 radical (unpaired) electrons. The van der Waals surface area contributed by atoms with Gasteiger partial charge in [-0.05, 0) is 12.1 Å². The lowest BCUT2D eigenvalue weighted by atomic mass is 10.1. The van der Waals surface area contributed by atoms with Crippen molar-refractivity contribution >= 4 is 23.1 Å². The smallest absolute Gasteiger partial charge is 0.240 e. The van der Waals surface area contributed by atoms with Crippen LogP contribution in [0, 0.1) is 0 Å². The molecule has 0 fully saturated rings. The molecule has 1 N–H and O–H groups in total. The van der Waals surface area contributed by atoms with E-state index < -0.39 is 0 Å². The van der Waals surface area contributed by atoms with Crippen molar-refractivity contribution in [1.82, 2.24) is 9.88 Å². The molecule has 3 aromatic rings. The number of nitrogens with zero attached hydrogens (tertiary/aromatic N) is 1. The monoisotopic (exact) mass is 394 g/mol. The van der Waals surface area contributed by atoms with E-state index in [4.69, 9.17) is 14.2 Å². The molecule has 0 atom stereocenters. The van der Waals surface area contributed by atoms with E-state index >= 15 is 0 Å². The van der Waals surface area contributed by atoms with Crippen molar-refractivity contribution in [3.05, 3.63) is 53.7 Å². The number of aromatic nitrogens is 1. The van der Waals surface area contributed by atoms with Crippen LogP contribution in [0.2, 0.25) is 0 Å². The molecule has 0 spiro atoms. The lowest BCUT2D eigenvalue weighted by Crippen LogP contribution is -2.27. The van der Waals surface area contributed by atoms with Crippen LogP contribution in [-0.2, 0) is 17.9 Å². The summed E-state index contributed by atoms with van der Waals surface area (Å²) in [5, 5.41) is 3.75. The molecule has 1 aromatic heterocycles. The molecule has 2 heterocycles. The number of nitrogens with one attached hydrogen (secondary N) is 1. The van der Waals surface area contributed by atoms with Gasteiger partial charge < -0.3 is 24.1 Å². The Bertz CT molecular complexity index is 1060. The zero-order valence-corrected chi connectivity index (χ0v) is 16.1. The largest absolute Gasteiger partial charge is 0.496 e. The molecule has 1 amide bonds. The third-order valence-corrected chi connectivity index (χ3v) is 4.89. The molecule has 7 heteroatoms. The molecular formula is C22H22N2O5. The Morgan fingerprint density at radius 3 is 2.72 bits per heavy atom. The maximum Gasteiger partial charge on any atom is 0.240 e. The first kappa shape index (κ1) is 18.9. The Hall–Kier alpha value is -3.48. The quantitative estimate of drug-likeness (QED) is 0.651. The second-order valence-corrected chi connectivity index (χ2v) is 6.79. The number of rotatable bonds is 6. The predicted octanol–water partition coefficient (Wildman–Crippen LogP) is 2.94. The molecule has 0 aliphatic carbocycles. The third kappa shape index (κ3) is 3.89. The minimum absolute atomic E-state index is 0.112. The van der Waals surface area contributed by atoms with Gasteiger partial charge in [-0.3, -0.25) is 9.59 Å². The second-order valence-electron chi connectivity index (χ2n) is 6.79. The van der Waals surface area contributed by atoms with Crippen LogP contribution in [0.15, 0.2) is 42.6 Å². The standard InChI is InChI=1S/C22H22N2O5/c1-27-19-10-21-20(28-7-4-8-29-21)9-15(19)11-23-22(26)13-24-12-16(14-25)17-5-2-3-6-18(17)24/h2-3,5-6,9-10,12,14H,4,7-8,11,13H2,1H3,(H,23,26). The van der Waals surface area contributed by atoms with Crippen LogP contribution in [0.5, 0.6) is 17.2 Å². The van der Waals surface area contributed by atoms with Gasteiger partial charge >= 0.3 is 0 Å². The number of carbonyl (C=O) groups is 2. The van der Waals surface area contributed by atoms with Crippen LogP contribution in [0.1, 0.15) is 22.3 Å². The lowest BCUT2D eigenvalue weighted by molar-refractivity contribution is -0.121. The molecule has 1 aliphatic heterocycles. The molecule has 2 aromatic carbocycles. The van der Waals surface area contributed by atoms with Crippen LogP contribution in [0.3, 0.4) is 0 Å². The van der Waals surface area contributed by atoms with E-state index in [2.05, 4.69) is 5.32 Å². The summed E-state index contributed by atoms with van der Waals surface area (Å²) in [7, 11) is 1.58. The zero-order valence-electron chi connectivity index (χ0n) is 16.1. The van der Waals surface area contributed by atoms with Gasteiger partial charge in [0.2, 0.25) is 5.91 Å². The van der Waals surface area contributed by atoms with Crippen molar-refractivity contribution in [3.63, 3.8) is 0 Å². The van der Waals surface area contributed by atoms with Crippen molar-refractivity contribution in [3.8, 4) is 17.2 Å². The highest BCUT2D eigenvalue weighted by atomic mass is 16.5. The van der Waals surface area contributed by atoms with Gasteiger partial charge in [-0.2, -0.15) is 0 Å². The molecule has 0 saturated carbocycles. The maximum absolute atomic E-state index is 12.6. The average molecular weight is 394 g/mol. The minimum Gasteiger partial charge on any atom is -0.496 e. The van der Waals surface area contributed by atoms with E-state index in [9.17, 15) is 9.59 Å². The van der Waals surface area contributed by atoms with Gasteiger partial charge in [0.15, 0.2) is 17.8 Å². The fraction of sp³-hybridized carbons (Fsp3) is 0.273. The van der Waals surface area contributed by atoms with Gasteiger partial charge in [-0.15, -0.1) is 0 Å². The van der Waals surface area contributed by atoms with Gasteiger partial charge in [0, 0.05) is 47.3 Å². The minimum atomic E-state index is -0.169. The highest BCUT2D eigenvalue weighted by molar-refractivity contribution is 5.98. The summed E-state index contributed by atoms with van der Waals surface area (Å²) in [6, 6.07) is 11.1. The second kappa shape index (κ2) is 8.26. The number of fused-ring (bicyclic) bond motifs is 2. The Kier molecular flexibility index (Phi) is 5.37. The number of carbonyl (C=O) groups excluding carboxylic acids is 2. The maximum atomic E-state index is 12.6. The van der Waals surface area contributed by atoms with Gasteiger partial charge in [-0.1, -0.05) is 18.2 Å². The van der Waals surface area contributed by atoms with Gasteiger partial charge in [0.05, 0.1) is 20.3 Å². The van der Waals surface area contributed by atoms with E-state index in [1.165, 1.54) is 0 Å². The highest BCUT2D eigenvalue weighted by Gasteiger charge is 2.16. The van der Waals surface area contributed by atoms with Crippen molar-refractivity contribution in [2.24, 2.45) is 0 Å². The van der Waals surface area contributed by atoms with Gasteiger partial charge in [-0.25, -0.2) is 0 Å². The van der Waals surface area contributed by atoms with Crippen LogP contribution in [-0.4, -0.2) is 37.1 Å². The third-order valence-electron chi connectivity index (χ3n) is 4.89. The molecule has 7 nitrogen and oxygen atoms in total. The zero-order chi connectivity index (χ0) is 20.2. The molecule has 4 rings (SSSR count). The van der Waals surface area contributed by atoms with Crippen LogP contribution < -0.4 is 19.5 Å². The summed E-state index contributed by atoms with van der Waals surface area (Å²) in [5.74, 6) is 1.76. The first-order valence-corrected chi connectivity index (χ1v) is 9.46. The first-order valence-electron chi connectivity index (χ1n) is 9.46. The number of hydrogen-bond acceptors (Lipinski definition) is 5. The number of hydrogen-bond donors (Lipinski definition) is 1.